The van der Waals surface area contributed by atoms with Crippen LogP contribution in [-0.2, 0) is 9.59 Å². The van der Waals surface area contributed by atoms with Gasteiger partial charge in [0, 0.05) is 37.4 Å². The molecule has 21 heavy (non-hydrogen) atoms. The largest absolute Gasteiger partial charge is 0.395 e. The van der Waals surface area contributed by atoms with E-state index in [-0.39, 0.29) is 35.5 Å². The van der Waals surface area contributed by atoms with E-state index in [9.17, 15) is 19.8 Å². The maximum atomic E-state index is 10.7. The van der Waals surface area contributed by atoms with Crippen LogP contribution in [0.15, 0.2) is 0 Å². The maximum Gasteiger partial charge on any atom is 0.216 e. The van der Waals surface area contributed by atoms with Crippen molar-refractivity contribution in [2.45, 2.75) is 50.0 Å². The molecule has 0 radical (unpaired) electrons. The summed E-state index contributed by atoms with van der Waals surface area (Å²) in [6, 6.07) is 0. The Labute approximate surface area is 131 Å². The summed E-state index contributed by atoms with van der Waals surface area (Å²) >= 11 is 1.58. The number of rotatable bonds is 12. The average molecular weight is 320 g/mol. The van der Waals surface area contributed by atoms with E-state index >= 15 is 0 Å². The van der Waals surface area contributed by atoms with Crippen LogP contribution < -0.4 is 10.6 Å². The number of hydrogen-bond acceptors (Lipinski definition) is 5. The number of thioether (sulfide) groups is 1. The van der Waals surface area contributed by atoms with Gasteiger partial charge in [0.05, 0.1) is 13.2 Å². The van der Waals surface area contributed by atoms with Gasteiger partial charge in [-0.15, -0.1) is 0 Å². The van der Waals surface area contributed by atoms with Crippen molar-refractivity contribution >= 4 is 23.6 Å². The zero-order chi connectivity index (χ0) is 16.1. The highest BCUT2D eigenvalue weighted by molar-refractivity contribution is 8.00. The van der Waals surface area contributed by atoms with E-state index in [0.29, 0.717) is 13.1 Å². The lowest BCUT2D eigenvalue weighted by Crippen LogP contribution is -2.24. The molecule has 0 aliphatic carbocycles. The van der Waals surface area contributed by atoms with Crippen molar-refractivity contribution in [1.82, 2.24) is 10.6 Å². The molecule has 0 saturated carbocycles. The summed E-state index contributed by atoms with van der Waals surface area (Å²) in [5.41, 5.74) is 0. The zero-order valence-electron chi connectivity index (χ0n) is 12.9. The highest BCUT2D eigenvalue weighted by Gasteiger charge is 2.15. The first kappa shape index (κ1) is 20.2. The Hall–Kier alpha value is -0.790. The van der Waals surface area contributed by atoms with Gasteiger partial charge >= 0.3 is 0 Å². The fourth-order valence-corrected chi connectivity index (χ4v) is 3.19. The van der Waals surface area contributed by atoms with Crippen molar-refractivity contribution in [2.75, 3.05) is 26.3 Å². The molecular formula is C14H28N2O4S. The smallest absolute Gasteiger partial charge is 0.216 e. The molecule has 0 rings (SSSR count). The predicted octanol–water partition coefficient (Wildman–Crippen LogP) is 0.274. The Bertz CT molecular complexity index is 275. The molecule has 2 atom stereocenters. The molecule has 0 aromatic carbocycles. The molecule has 7 heteroatoms. The molecule has 0 fully saturated rings. The van der Waals surface area contributed by atoms with E-state index < -0.39 is 0 Å². The minimum atomic E-state index is -0.0468. The number of carbonyl (C=O) groups excluding carboxylic acids is 2. The Morgan fingerprint density at radius 1 is 0.905 bits per heavy atom. The van der Waals surface area contributed by atoms with Crippen molar-refractivity contribution in [3.63, 3.8) is 0 Å². The van der Waals surface area contributed by atoms with Crippen LogP contribution in [0.1, 0.15) is 39.5 Å². The first-order valence-corrected chi connectivity index (χ1v) is 8.30. The average Bonchev–Trinajstić information content (AvgIpc) is 2.44. The third-order valence-corrected chi connectivity index (χ3v) is 4.49. The maximum absolute atomic E-state index is 10.7. The number of aliphatic hydroxyl groups is 2. The van der Waals surface area contributed by atoms with Gasteiger partial charge in [0.15, 0.2) is 0 Å². The van der Waals surface area contributed by atoms with Crippen LogP contribution in [0.2, 0.25) is 0 Å². The summed E-state index contributed by atoms with van der Waals surface area (Å²) in [5.74, 6) is -0.0937. The normalized spacial score (nSPS) is 13.5. The summed E-state index contributed by atoms with van der Waals surface area (Å²) in [7, 11) is 0. The molecule has 0 aromatic heterocycles. The topological polar surface area (TPSA) is 98.7 Å². The molecule has 124 valence electrons. The van der Waals surface area contributed by atoms with Gasteiger partial charge in [-0.2, -0.15) is 11.8 Å². The minimum absolute atomic E-state index is 0.0468. The van der Waals surface area contributed by atoms with Crippen LogP contribution in [0.5, 0.6) is 0 Å². The van der Waals surface area contributed by atoms with Gasteiger partial charge in [-0.3, -0.25) is 9.59 Å². The highest BCUT2D eigenvalue weighted by Crippen LogP contribution is 2.24. The monoisotopic (exact) mass is 320 g/mol. The van der Waals surface area contributed by atoms with Crippen LogP contribution in [0, 0.1) is 0 Å². The number of aliphatic hydroxyl groups excluding tert-OH is 2. The van der Waals surface area contributed by atoms with Gasteiger partial charge in [-0.1, -0.05) is 0 Å². The molecule has 4 N–H and O–H groups in total. The molecule has 0 spiro atoms. The third-order valence-electron chi connectivity index (χ3n) is 2.95. The first-order chi connectivity index (χ1) is 9.99. The fourth-order valence-electron chi connectivity index (χ4n) is 1.87. The molecule has 0 aromatic rings. The summed E-state index contributed by atoms with van der Waals surface area (Å²) in [5, 5.41) is 24.3. The molecule has 2 unspecified atom stereocenters. The quantitative estimate of drug-likeness (QED) is 0.387. The second-order valence-electron chi connectivity index (χ2n) is 5.00. The molecule has 0 aliphatic rings. The van der Waals surface area contributed by atoms with E-state index in [1.165, 1.54) is 13.8 Å². The lowest BCUT2D eigenvalue weighted by atomic mass is 10.2. The van der Waals surface area contributed by atoms with Crippen molar-refractivity contribution in [3.8, 4) is 0 Å². The Balaban J connectivity index is 3.88. The highest BCUT2D eigenvalue weighted by atomic mass is 32.2. The summed E-state index contributed by atoms with van der Waals surface area (Å²) in [6.45, 7) is 4.31. The van der Waals surface area contributed by atoms with E-state index in [1.807, 2.05) is 0 Å². The van der Waals surface area contributed by atoms with Crippen LogP contribution in [-0.4, -0.2) is 58.8 Å². The zero-order valence-corrected chi connectivity index (χ0v) is 13.7. The molecule has 2 amide bonds. The van der Waals surface area contributed by atoms with Crippen LogP contribution >= 0.6 is 11.8 Å². The number of nitrogens with one attached hydrogen (secondary N) is 2. The van der Waals surface area contributed by atoms with Gasteiger partial charge in [-0.05, 0) is 25.7 Å². The second-order valence-corrected chi connectivity index (χ2v) is 6.60. The molecule has 0 saturated heterocycles. The molecular weight excluding hydrogens is 292 g/mol. The second kappa shape index (κ2) is 12.9. The van der Waals surface area contributed by atoms with E-state index in [0.717, 1.165) is 25.7 Å². The van der Waals surface area contributed by atoms with Gasteiger partial charge in [0.1, 0.15) is 0 Å². The number of amides is 2. The molecule has 0 heterocycles. The van der Waals surface area contributed by atoms with Gasteiger partial charge < -0.3 is 20.8 Å². The Morgan fingerprint density at radius 3 is 1.57 bits per heavy atom. The summed E-state index contributed by atoms with van der Waals surface area (Å²) < 4.78 is 0. The SMILES string of the molecule is CC(=O)NCCCC(CO)SC(CO)CCCNC(C)=O. The molecule has 0 bridgehead atoms. The lowest BCUT2D eigenvalue weighted by Gasteiger charge is -2.20. The van der Waals surface area contributed by atoms with Crippen molar-refractivity contribution in [3.05, 3.63) is 0 Å². The van der Waals surface area contributed by atoms with Gasteiger partial charge in [0.2, 0.25) is 11.8 Å². The summed E-state index contributed by atoms with van der Waals surface area (Å²) in [6.07, 6.45) is 3.21. The minimum Gasteiger partial charge on any atom is -0.395 e. The van der Waals surface area contributed by atoms with Crippen molar-refractivity contribution in [2.24, 2.45) is 0 Å². The van der Waals surface area contributed by atoms with Crippen molar-refractivity contribution in [1.29, 1.82) is 0 Å². The molecule has 0 aliphatic heterocycles. The number of carbonyl (C=O) groups is 2. The lowest BCUT2D eigenvalue weighted by molar-refractivity contribution is -0.119. The van der Waals surface area contributed by atoms with Gasteiger partial charge in [0.25, 0.3) is 0 Å². The van der Waals surface area contributed by atoms with E-state index in [1.54, 1.807) is 11.8 Å². The fraction of sp³-hybridized carbons (Fsp3) is 0.857. The Kier molecular flexibility index (Phi) is 12.4. The molecule has 6 nitrogen and oxygen atoms in total. The predicted molar refractivity (Wildman–Crippen MR) is 85.2 cm³/mol. The van der Waals surface area contributed by atoms with Crippen LogP contribution in [0.4, 0.5) is 0 Å². The van der Waals surface area contributed by atoms with E-state index in [2.05, 4.69) is 10.6 Å². The van der Waals surface area contributed by atoms with Crippen LogP contribution in [0.25, 0.3) is 0 Å². The number of hydrogen-bond donors (Lipinski definition) is 4. The van der Waals surface area contributed by atoms with Crippen LogP contribution in [0.3, 0.4) is 0 Å². The van der Waals surface area contributed by atoms with E-state index in [4.69, 9.17) is 0 Å². The van der Waals surface area contributed by atoms with Crippen molar-refractivity contribution < 1.29 is 19.8 Å². The summed E-state index contributed by atoms with van der Waals surface area (Å²) in [4.78, 5) is 21.5. The third kappa shape index (κ3) is 12.6. The Morgan fingerprint density at radius 2 is 1.29 bits per heavy atom. The van der Waals surface area contributed by atoms with Gasteiger partial charge in [-0.25, -0.2) is 0 Å². The first-order valence-electron chi connectivity index (χ1n) is 7.35. The standard InChI is InChI=1S/C14H28N2O4S/c1-11(19)15-7-3-5-13(9-17)21-14(10-18)6-4-8-16-12(2)20/h13-14,17-18H,3-10H2,1-2H3,(H,15,19)(H,16,20).